The number of aromatic nitrogens is 3. The average molecular weight is 1340 g/mol. The van der Waals surface area contributed by atoms with E-state index in [0.29, 0.717) is 23.1 Å². The van der Waals surface area contributed by atoms with Crippen molar-refractivity contribution in [1.82, 2.24) is 15.0 Å². The number of fused-ring (bicyclic) bond motifs is 2. The number of aryl methyl sites for hydroxylation is 1. The number of nitrogens with zero attached hydrogens (tertiary/aromatic N) is 9. The molecule has 9 rings (SSSR count). The van der Waals surface area contributed by atoms with Crippen molar-refractivity contribution in [2.75, 3.05) is 23.1 Å². The number of carboxylic acids is 1. The third kappa shape index (κ3) is 18.5. The van der Waals surface area contributed by atoms with Crippen molar-refractivity contribution in [3.8, 4) is 23.0 Å². The number of hydrogen-bond acceptors (Lipinski definition) is 25. The number of anilines is 6. The molecule has 89 heavy (non-hydrogen) atoms. The molecule has 0 saturated carbocycles. The fourth-order valence-electron chi connectivity index (χ4n) is 7.95. The number of carboxylic acid groups (broad SMARTS) is 1. The molecule has 0 amide bonds. The van der Waals surface area contributed by atoms with Gasteiger partial charge < -0.3 is 41.1 Å². The van der Waals surface area contributed by atoms with Crippen LogP contribution in [0.2, 0.25) is 0 Å². The maximum Gasteiger partial charge on any atom is 0.339 e. The molecule has 0 aliphatic carbocycles. The van der Waals surface area contributed by atoms with E-state index in [1.54, 1.807) is 42.5 Å². The molecule has 0 bridgehead atoms. The van der Waals surface area contributed by atoms with E-state index in [9.17, 15) is 77.1 Å². The van der Waals surface area contributed by atoms with Gasteiger partial charge in [-0.15, -0.1) is 15.3 Å². The molecule has 0 unspecified atom stereocenters. The Bertz CT molecular complexity index is 4790. The van der Waals surface area contributed by atoms with Crippen LogP contribution in [0.3, 0.4) is 0 Å². The molecule has 0 aliphatic heterocycles. The van der Waals surface area contributed by atoms with Crippen molar-refractivity contribution in [2.24, 2.45) is 30.7 Å². The molecule has 435 valence electrons. The van der Waals surface area contributed by atoms with Crippen LogP contribution in [0, 0.1) is 6.92 Å². The van der Waals surface area contributed by atoms with Gasteiger partial charge in [0.2, 0.25) is 17.8 Å². The quantitative estimate of drug-likeness (QED) is 0.0217. The minimum absolute atomic E-state index is 0. The number of benzene rings is 8. The van der Waals surface area contributed by atoms with Crippen LogP contribution in [0.4, 0.5) is 69.0 Å². The van der Waals surface area contributed by atoms with Crippen molar-refractivity contribution in [1.29, 1.82) is 0 Å². The van der Waals surface area contributed by atoms with Gasteiger partial charge in [-0.05, 0) is 120 Å². The van der Waals surface area contributed by atoms with Crippen LogP contribution in [-0.4, -0.2) is 248 Å². The Hall–Kier alpha value is -5.20. The zero-order valence-corrected chi connectivity index (χ0v) is 60.7. The number of hydrogen-bond donors (Lipinski definition) is 11. The summed E-state index contributed by atoms with van der Waals surface area (Å²) < 4.78 is 145. The Kier molecular flexibility index (Phi) is 26.5. The summed E-state index contributed by atoms with van der Waals surface area (Å²) in [5, 5.41) is 73.8. The van der Waals surface area contributed by atoms with Gasteiger partial charge in [-0.25, -0.2) is 4.79 Å². The van der Waals surface area contributed by atoms with Crippen molar-refractivity contribution in [3.05, 3.63) is 139 Å². The number of nitrogens with one attached hydrogen (secondary N) is 3. The number of ether oxygens (including phenoxy) is 1. The first-order chi connectivity index (χ1) is 39.5. The van der Waals surface area contributed by atoms with Gasteiger partial charge in [-0.2, -0.15) is 64.0 Å². The number of phenols is 3. The molecule has 39 heteroatoms. The van der Waals surface area contributed by atoms with E-state index in [-0.39, 0.29) is 210 Å². The molecule has 5 radical (unpaired) electrons. The molecule has 11 N–H and O–H groups in total. The van der Waals surface area contributed by atoms with Gasteiger partial charge in [0.05, 0.1) is 55.6 Å². The molecule has 1 heterocycles. The zero-order valence-electron chi connectivity index (χ0n) is 47.4. The van der Waals surface area contributed by atoms with Gasteiger partial charge in [0.15, 0.2) is 5.75 Å². The summed E-state index contributed by atoms with van der Waals surface area (Å²) >= 11 is 0. The van der Waals surface area contributed by atoms with Gasteiger partial charge in [-0.1, -0.05) is 18.2 Å². The molecule has 0 fully saturated rings. The number of aromatic hydroxyl groups is 3. The van der Waals surface area contributed by atoms with Crippen molar-refractivity contribution < 1.29 is 81.8 Å². The van der Waals surface area contributed by atoms with Gasteiger partial charge in [0, 0.05) is 177 Å². The van der Waals surface area contributed by atoms with E-state index in [1.807, 2.05) is 0 Å². The van der Waals surface area contributed by atoms with Crippen molar-refractivity contribution in [3.63, 3.8) is 0 Å². The normalized spacial score (nSPS) is 11.7. The fourth-order valence-corrected chi connectivity index (χ4v) is 10.2. The molecule has 9 aromatic rings. The van der Waals surface area contributed by atoms with Crippen LogP contribution >= 0.6 is 0 Å². The molecule has 0 atom stereocenters. The predicted octanol–water partition coefficient (Wildman–Crippen LogP) is 8.87. The van der Waals surface area contributed by atoms with Crippen LogP contribution in [-0.2, 0) is 40.5 Å². The Morgan fingerprint density at radius 3 is 1.53 bits per heavy atom. The van der Waals surface area contributed by atoms with Gasteiger partial charge >= 0.3 is 5.97 Å². The smallest absolute Gasteiger partial charge is 0.339 e. The largest absolute Gasteiger partial charge is 0.507 e. The third-order valence-corrected chi connectivity index (χ3v) is 15.2. The molecular weight excluding hydrogens is 1300 g/mol. The second kappa shape index (κ2) is 30.9. The first-order valence-electron chi connectivity index (χ1n) is 23.3. The summed E-state index contributed by atoms with van der Waals surface area (Å²) in [6, 6.07) is 26.4. The average Bonchev–Trinajstić information content (AvgIpc) is 0.876. The number of rotatable bonds is 18. The first kappa shape index (κ1) is 76.3. The monoisotopic (exact) mass is 1340 g/mol. The van der Waals surface area contributed by atoms with Crippen LogP contribution < -0.4 is 20.7 Å². The maximum atomic E-state index is 13.0. The van der Waals surface area contributed by atoms with Gasteiger partial charge in [0.25, 0.3) is 40.5 Å². The Labute approximate surface area is 615 Å². The van der Waals surface area contributed by atoms with E-state index in [1.165, 1.54) is 44.4 Å². The number of carbonyl (C=O) groups is 1. The van der Waals surface area contributed by atoms with Crippen molar-refractivity contribution in [2.45, 2.75) is 26.5 Å². The van der Waals surface area contributed by atoms with Crippen LogP contribution in [0.15, 0.2) is 178 Å². The topological polar surface area (TPSA) is 474 Å². The summed E-state index contributed by atoms with van der Waals surface area (Å²) in [4.78, 5) is 21.2. The second-order valence-corrected chi connectivity index (χ2v) is 23.2. The zero-order chi connectivity index (χ0) is 60.6. The SMILES string of the molecule is COc1cc(N=Nc2cc(S(=O)(=O)O)cc3cc(S(=O)(=O)O)cc(O)c23)c(C)cc1N=Nc1c(S(=O)(=O)O)cc2cc(S(=O)(=O)O)cc(Nc3nc(Nc4ccccc4)nc(Nc4ccc(N=Nc5ccc(O)c(C(=O)O)c5)cc4)n3)c2c1O.[Na].[Na].[Na].[Na].[Na]. The molecular formula is C50H38N12Na5O18S4. The standard InChI is InChI=1S/C50H38N12O18S4.5Na/c1-24-14-36(41(80-2)23-35(24)59-61-38-21-32(82(71,72)73)15-25-16-33(83(74,75)76)22-40(64)43(25)38)60-62-45-42(84(77,78)79)18-26-17-31(81(68,69)70)20-37(44(26)46(45)65)53-50-55-48(51-27-6-4-3-5-7-27)54-49(56-50)52-28-8-10-29(11-9-28)57-58-30-12-13-39(63)34(19-30)47(66)67;;;;;/h3-23,63-65H,1-2H3,(H,66,67)(H,68,69,70)(H,71,72,73)(H,74,75,76)(H,77,78,79)(H3,51,52,53,54,55,56);;;;;. The number of azo groups is 3. The molecule has 0 aliphatic rings. The number of aromatic carboxylic acids is 1. The first-order valence-corrected chi connectivity index (χ1v) is 29.1. The van der Waals surface area contributed by atoms with Gasteiger partial charge in [0.1, 0.15) is 39.1 Å². The Balaban J connectivity index is 0.00000339. The van der Waals surface area contributed by atoms with E-state index in [2.05, 4.69) is 61.6 Å². The van der Waals surface area contributed by atoms with Crippen molar-refractivity contribution >= 4 is 285 Å². The van der Waals surface area contributed by atoms with E-state index < -0.39 is 111 Å². The van der Waals surface area contributed by atoms with Gasteiger partial charge in [-0.3, -0.25) is 18.2 Å². The summed E-state index contributed by atoms with van der Waals surface area (Å²) in [7, 11) is -19.2. The number of methoxy groups -OCH3 is 1. The Morgan fingerprint density at radius 2 is 0.978 bits per heavy atom. The van der Waals surface area contributed by atoms with E-state index >= 15 is 0 Å². The summed E-state index contributed by atoms with van der Waals surface area (Å²) in [6.45, 7) is 1.47. The van der Waals surface area contributed by atoms with Crippen LogP contribution in [0.1, 0.15) is 15.9 Å². The minimum Gasteiger partial charge on any atom is -0.507 e. The van der Waals surface area contributed by atoms with Crippen LogP contribution in [0.5, 0.6) is 23.0 Å². The predicted molar refractivity (Wildman–Crippen MR) is 327 cm³/mol. The molecule has 0 saturated heterocycles. The summed E-state index contributed by atoms with van der Waals surface area (Å²) in [6.07, 6.45) is 0. The molecule has 8 aromatic carbocycles. The summed E-state index contributed by atoms with van der Waals surface area (Å²) in [5.41, 5.74) is -0.782. The molecule has 30 nitrogen and oxygen atoms in total. The Morgan fingerprint density at radius 1 is 0.483 bits per heavy atom. The second-order valence-electron chi connectivity index (χ2n) is 17.5. The number of phenolic OH excluding ortho intramolecular Hbond substituents is 2. The fraction of sp³-hybridized carbons (Fsp3) is 0.0400. The molecule has 0 spiro atoms. The van der Waals surface area contributed by atoms with E-state index in [4.69, 9.17) is 4.74 Å². The third-order valence-electron chi connectivity index (χ3n) is 11.8. The summed E-state index contributed by atoms with van der Waals surface area (Å²) in [5.74, 6) is -4.43. The van der Waals surface area contributed by atoms with E-state index in [0.717, 1.165) is 48.5 Å². The van der Waals surface area contributed by atoms with Crippen LogP contribution in [0.25, 0.3) is 21.5 Å². The maximum absolute atomic E-state index is 13.0. The minimum atomic E-state index is -5.38. The number of para-hydroxylation sites is 1. The molecule has 1 aromatic heterocycles.